The van der Waals surface area contributed by atoms with Gasteiger partial charge in [0, 0.05) is 12.6 Å². The standard InChI is InChI=1S/C21H21NO/c23-20-13-11-19(12-14-20)21(15-17-7-3-1-4-8-17)22-16-18-9-5-2-6-10-18/h1-14,21-23H,15-16H2. The molecule has 1 atom stereocenters. The molecule has 0 spiro atoms. The zero-order valence-electron chi connectivity index (χ0n) is 13.0. The van der Waals surface area contributed by atoms with E-state index in [9.17, 15) is 5.11 Å². The van der Waals surface area contributed by atoms with Crippen molar-refractivity contribution in [1.29, 1.82) is 0 Å². The van der Waals surface area contributed by atoms with Crippen LogP contribution in [0.1, 0.15) is 22.7 Å². The quantitative estimate of drug-likeness (QED) is 0.704. The number of phenolic OH excluding ortho intramolecular Hbond substituents is 1. The molecule has 0 aromatic heterocycles. The molecule has 2 heteroatoms. The van der Waals surface area contributed by atoms with Gasteiger partial charge < -0.3 is 10.4 Å². The maximum absolute atomic E-state index is 9.52. The summed E-state index contributed by atoms with van der Waals surface area (Å²) in [6, 6.07) is 28.6. The van der Waals surface area contributed by atoms with Crippen LogP contribution in [0.25, 0.3) is 0 Å². The zero-order valence-corrected chi connectivity index (χ0v) is 13.0. The predicted molar refractivity (Wildman–Crippen MR) is 94.3 cm³/mol. The van der Waals surface area contributed by atoms with Crippen LogP contribution in [-0.2, 0) is 13.0 Å². The van der Waals surface area contributed by atoms with Crippen molar-refractivity contribution in [2.24, 2.45) is 0 Å². The molecule has 0 radical (unpaired) electrons. The van der Waals surface area contributed by atoms with E-state index in [1.807, 2.05) is 24.3 Å². The number of aromatic hydroxyl groups is 1. The minimum Gasteiger partial charge on any atom is -0.508 e. The van der Waals surface area contributed by atoms with Crippen LogP contribution in [0.4, 0.5) is 0 Å². The molecular formula is C21H21NO. The maximum atomic E-state index is 9.52. The second kappa shape index (κ2) is 7.61. The molecule has 0 fully saturated rings. The molecule has 0 aliphatic carbocycles. The molecule has 2 nitrogen and oxygen atoms in total. The number of hydrogen-bond donors (Lipinski definition) is 2. The Kier molecular flexibility index (Phi) is 5.07. The van der Waals surface area contributed by atoms with Crippen LogP contribution >= 0.6 is 0 Å². The number of phenols is 1. The fourth-order valence-corrected chi connectivity index (χ4v) is 2.70. The third-order valence-electron chi connectivity index (χ3n) is 3.97. The monoisotopic (exact) mass is 303 g/mol. The summed E-state index contributed by atoms with van der Waals surface area (Å²) in [7, 11) is 0. The topological polar surface area (TPSA) is 32.3 Å². The highest BCUT2D eigenvalue weighted by atomic mass is 16.3. The summed E-state index contributed by atoms with van der Waals surface area (Å²) in [4.78, 5) is 0. The molecule has 0 amide bonds. The molecule has 116 valence electrons. The molecule has 3 aromatic carbocycles. The lowest BCUT2D eigenvalue weighted by molar-refractivity contribution is 0.473. The average Bonchev–Trinajstić information content (AvgIpc) is 2.61. The van der Waals surface area contributed by atoms with Gasteiger partial charge in [-0.25, -0.2) is 0 Å². The van der Waals surface area contributed by atoms with E-state index in [-0.39, 0.29) is 6.04 Å². The Morgan fingerprint density at radius 2 is 1.26 bits per heavy atom. The van der Waals surface area contributed by atoms with E-state index in [1.165, 1.54) is 16.7 Å². The summed E-state index contributed by atoms with van der Waals surface area (Å²) in [5, 5.41) is 13.2. The Labute approximate surface area is 137 Å². The van der Waals surface area contributed by atoms with Crippen molar-refractivity contribution in [1.82, 2.24) is 5.32 Å². The number of benzene rings is 3. The molecule has 3 aromatic rings. The van der Waals surface area contributed by atoms with Gasteiger partial charge in [-0.15, -0.1) is 0 Å². The molecule has 0 heterocycles. The molecular weight excluding hydrogens is 282 g/mol. The van der Waals surface area contributed by atoms with E-state index in [0.29, 0.717) is 5.75 Å². The van der Waals surface area contributed by atoms with E-state index in [2.05, 4.69) is 53.8 Å². The molecule has 0 aliphatic rings. The van der Waals surface area contributed by atoms with Gasteiger partial charge in [0.05, 0.1) is 0 Å². The molecule has 2 N–H and O–H groups in total. The lowest BCUT2D eigenvalue weighted by atomic mass is 9.98. The lowest BCUT2D eigenvalue weighted by Gasteiger charge is -2.20. The Balaban J connectivity index is 1.76. The van der Waals surface area contributed by atoms with Crippen molar-refractivity contribution in [2.45, 2.75) is 19.0 Å². The Morgan fingerprint density at radius 3 is 1.87 bits per heavy atom. The van der Waals surface area contributed by atoms with Crippen molar-refractivity contribution in [3.05, 3.63) is 102 Å². The molecule has 23 heavy (non-hydrogen) atoms. The maximum Gasteiger partial charge on any atom is 0.115 e. The van der Waals surface area contributed by atoms with Crippen molar-refractivity contribution < 1.29 is 5.11 Å². The van der Waals surface area contributed by atoms with Crippen LogP contribution in [0.15, 0.2) is 84.9 Å². The molecule has 0 aliphatic heterocycles. The van der Waals surface area contributed by atoms with Crippen LogP contribution in [0.3, 0.4) is 0 Å². The van der Waals surface area contributed by atoms with Crippen molar-refractivity contribution in [3.8, 4) is 5.75 Å². The van der Waals surface area contributed by atoms with Gasteiger partial charge in [0.1, 0.15) is 5.75 Å². The van der Waals surface area contributed by atoms with Crippen LogP contribution in [0, 0.1) is 0 Å². The Morgan fingerprint density at radius 1 is 0.696 bits per heavy atom. The number of rotatable bonds is 6. The SMILES string of the molecule is Oc1ccc(C(Cc2ccccc2)NCc2ccccc2)cc1. The van der Waals surface area contributed by atoms with Crippen molar-refractivity contribution >= 4 is 0 Å². The van der Waals surface area contributed by atoms with Gasteiger partial charge >= 0.3 is 0 Å². The van der Waals surface area contributed by atoms with E-state index in [0.717, 1.165) is 13.0 Å². The Bertz CT molecular complexity index is 708. The molecule has 0 saturated heterocycles. The summed E-state index contributed by atoms with van der Waals surface area (Å²) in [6.07, 6.45) is 0.915. The second-order valence-electron chi connectivity index (χ2n) is 5.70. The minimum absolute atomic E-state index is 0.207. The highest BCUT2D eigenvalue weighted by Gasteiger charge is 2.12. The molecule has 0 saturated carbocycles. The first-order valence-corrected chi connectivity index (χ1v) is 7.91. The summed E-state index contributed by atoms with van der Waals surface area (Å²) < 4.78 is 0. The van der Waals surface area contributed by atoms with Crippen LogP contribution in [0.2, 0.25) is 0 Å². The highest BCUT2D eigenvalue weighted by Crippen LogP contribution is 2.21. The fraction of sp³-hybridized carbons (Fsp3) is 0.143. The van der Waals surface area contributed by atoms with Crippen LogP contribution in [-0.4, -0.2) is 5.11 Å². The zero-order chi connectivity index (χ0) is 15.9. The lowest BCUT2D eigenvalue weighted by Crippen LogP contribution is -2.23. The largest absolute Gasteiger partial charge is 0.508 e. The van der Waals surface area contributed by atoms with Gasteiger partial charge in [-0.3, -0.25) is 0 Å². The van der Waals surface area contributed by atoms with Crippen molar-refractivity contribution in [2.75, 3.05) is 0 Å². The minimum atomic E-state index is 0.207. The summed E-state index contributed by atoms with van der Waals surface area (Å²) in [5.41, 5.74) is 3.75. The normalized spacial score (nSPS) is 12.0. The molecule has 1 unspecified atom stereocenters. The summed E-state index contributed by atoms with van der Waals surface area (Å²) >= 11 is 0. The van der Waals surface area contributed by atoms with Gasteiger partial charge in [-0.1, -0.05) is 72.8 Å². The first-order valence-electron chi connectivity index (χ1n) is 7.91. The highest BCUT2D eigenvalue weighted by molar-refractivity contribution is 5.30. The van der Waals surface area contributed by atoms with Gasteiger partial charge in [0.25, 0.3) is 0 Å². The van der Waals surface area contributed by atoms with E-state index in [4.69, 9.17) is 0 Å². The fourth-order valence-electron chi connectivity index (χ4n) is 2.70. The van der Waals surface area contributed by atoms with Gasteiger partial charge in [-0.05, 0) is 35.2 Å². The first-order chi connectivity index (χ1) is 11.3. The third-order valence-corrected chi connectivity index (χ3v) is 3.97. The van der Waals surface area contributed by atoms with E-state index in [1.54, 1.807) is 12.1 Å². The second-order valence-corrected chi connectivity index (χ2v) is 5.70. The predicted octanol–water partition coefficient (Wildman–Crippen LogP) is 4.47. The smallest absolute Gasteiger partial charge is 0.115 e. The Hall–Kier alpha value is -2.58. The average molecular weight is 303 g/mol. The van der Waals surface area contributed by atoms with Gasteiger partial charge in [-0.2, -0.15) is 0 Å². The third kappa shape index (κ3) is 4.44. The van der Waals surface area contributed by atoms with Crippen molar-refractivity contribution in [3.63, 3.8) is 0 Å². The van der Waals surface area contributed by atoms with E-state index < -0.39 is 0 Å². The summed E-state index contributed by atoms with van der Waals surface area (Å²) in [5.74, 6) is 0.301. The van der Waals surface area contributed by atoms with E-state index >= 15 is 0 Å². The van der Waals surface area contributed by atoms with Gasteiger partial charge in [0.15, 0.2) is 0 Å². The van der Waals surface area contributed by atoms with Crippen LogP contribution in [0.5, 0.6) is 5.75 Å². The van der Waals surface area contributed by atoms with Crippen LogP contribution < -0.4 is 5.32 Å². The molecule has 0 bridgehead atoms. The van der Waals surface area contributed by atoms with Gasteiger partial charge in [0.2, 0.25) is 0 Å². The summed E-state index contributed by atoms with van der Waals surface area (Å²) in [6.45, 7) is 0.819. The number of hydrogen-bond acceptors (Lipinski definition) is 2. The first kappa shape index (κ1) is 15.3. The number of nitrogens with one attached hydrogen (secondary N) is 1. The molecule has 3 rings (SSSR count).